The van der Waals surface area contributed by atoms with Crippen LogP contribution in [0.15, 0.2) is 18.2 Å². The molecular formula is C14H16F2N2O2. The minimum Gasteiger partial charge on any atom is -0.359 e. The molecule has 1 aromatic rings. The van der Waals surface area contributed by atoms with Crippen molar-refractivity contribution in [3.63, 3.8) is 0 Å². The standard InChI is InChI=1S/C14H16F2N2O2/c1-14(13(20)17-2)6-7-18(8-14)12(19)9-4-3-5-10(15)11(9)16/h3-5H,6-8H2,1-2H3,(H,17,20). The Balaban J connectivity index is 2.20. The maximum absolute atomic E-state index is 13.6. The van der Waals surface area contributed by atoms with Crippen molar-refractivity contribution in [1.29, 1.82) is 0 Å². The molecule has 2 rings (SSSR count). The van der Waals surface area contributed by atoms with E-state index in [2.05, 4.69) is 5.32 Å². The van der Waals surface area contributed by atoms with Crippen LogP contribution in [0.1, 0.15) is 23.7 Å². The zero-order valence-corrected chi connectivity index (χ0v) is 11.4. The lowest BCUT2D eigenvalue weighted by Crippen LogP contribution is -2.40. The average Bonchev–Trinajstić information content (AvgIpc) is 2.84. The summed E-state index contributed by atoms with van der Waals surface area (Å²) >= 11 is 0. The molecule has 1 aliphatic rings. The molecule has 0 spiro atoms. The first-order chi connectivity index (χ1) is 9.39. The Bertz CT molecular complexity index is 562. The zero-order valence-electron chi connectivity index (χ0n) is 11.4. The molecule has 2 amide bonds. The van der Waals surface area contributed by atoms with Gasteiger partial charge in [-0.15, -0.1) is 0 Å². The van der Waals surface area contributed by atoms with E-state index < -0.39 is 23.0 Å². The second-order valence-corrected chi connectivity index (χ2v) is 5.22. The monoisotopic (exact) mass is 282 g/mol. The number of amides is 2. The summed E-state index contributed by atoms with van der Waals surface area (Å²) in [6, 6.07) is 3.50. The van der Waals surface area contributed by atoms with E-state index in [4.69, 9.17) is 0 Å². The van der Waals surface area contributed by atoms with Crippen molar-refractivity contribution in [2.75, 3.05) is 20.1 Å². The molecule has 0 saturated carbocycles. The molecule has 0 radical (unpaired) electrons. The smallest absolute Gasteiger partial charge is 0.256 e. The van der Waals surface area contributed by atoms with Gasteiger partial charge in [-0.3, -0.25) is 9.59 Å². The average molecular weight is 282 g/mol. The van der Waals surface area contributed by atoms with E-state index in [1.54, 1.807) is 6.92 Å². The largest absolute Gasteiger partial charge is 0.359 e. The Kier molecular flexibility index (Phi) is 3.74. The van der Waals surface area contributed by atoms with Crippen LogP contribution in [0.5, 0.6) is 0 Å². The summed E-state index contributed by atoms with van der Waals surface area (Å²) in [5.41, 5.74) is -0.986. The first-order valence-electron chi connectivity index (χ1n) is 6.34. The number of benzene rings is 1. The normalized spacial score (nSPS) is 21.9. The molecule has 1 N–H and O–H groups in total. The summed E-state index contributed by atoms with van der Waals surface area (Å²) in [6.07, 6.45) is 0.495. The van der Waals surface area contributed by atoms with Crippen molar-refractivity contribution in [3.05, 3.63) is 35.4 Å². The number of likely N-dealkylation sites (tertiary alicyclic amines) is 1. The van der Waals surface area contributed by atoms with Gasteiger partial charge in [-0.05, 0) is 25.5 Å². The number of hydrogen-bond acceptors (Lipinski definition) is 2. The van der Waals surface area contributed by atoms with Gasteiger partial charge in [0.1, 0.15) is 0 Å². The predicted octanol–water partition coefficient (Wildman–Crippen LogP) is 1.56. The molecule has 108 valence electrons. The topological polar surface area (TPSA) is 49.4 Å². The molecule has 6 heteroatoms. The summed E-state index contributed by atoms with van der Waals surface area (Å²) in [5.74, 6) is -2.95. The van der Waals surface area contributed by atoms with Crippen LogP contribution in [-0.4, -0.2) is 36.9 Å². The molecule has 0 bridgehead atoms. The minimum atomic E-state index is -1.15. The number of nitrogens with zero attached hydrogens (tertiary/aromatic N) is 1. The highest BCUT2D eigenvalue weighted by atomic mass is 19.2. The Labute approximate surface area is 115 Å². The number of carbonyl (C=O) groups excluding carboxylic acids is 2. The van der Waals surface area contributed by atoms with Crippen molar-refractivity contribution in [2.45, 2.75) is 13.3 Å². The molecule has 0 aliphatic carbocycles. The summed E-state index contributed by atoms with van der Waals surface area (Å²) in [4.78, 5) is 25.4. The molecule has 1 fully saturated rings. The first kappa shape index (κ1) is 14.4. The third kappa shape index (κ3) is 2.37. The van der Waals surface area contributed by atoms with Crippen LogP contribution in [-0.2, 0) is 4.79 Å². The fourth-order valence-corrected chi connectivity index (χ4v) is 2.46. The number of nitrogens with one attached hydrogen (secondary N) is 1. The predicted molar refractivity (Wildman–Crippen MR) is 69.1 cm³/mol. The third-order valence-corrected chi connectivity index (χ3v) is 3.72. The maximum atomic E-state index is 13.6. The Hall–Kier alpha value is -1.98. The van der Waals surface area contributed by atoms with E-state index in [-0.39, 0.29) is 18.0 Å². The van der Waals surface area contributed by atoms with Crippen LogP contribution < -0.4 is 5.32 Å². The molecule has 1 heterocycles. The molecule has 20 heavy (non-hydrogen) atoms. The van der Waals surface area contributed by atoms with Crippen molar-refractivity contribution in [3.8, 4) is 0 Å². The van der Waals surface area contributed by atoms with Gasteiger partial charge in [0, 0.05) is 20.1 Å². The van der Waals surface area contributed by atoms with Crippen molar-refractivity contribution in [1.82, 2.24) is 10.2 Å². The van der Waals surface area contributed by atoms with Crippen LogP contribution >= 0.6 is 0 Å². The highest BCUT2D eigenvalue weighted by Crippen LogP contribution is 2.31. The van der Waals surface area contributed by atoms with Gasteiger partial charge in [0.15, 0.2) is 11.6 Å². The highest BCUT2D eigenvalue weighted by molar-refractivity contribution is 5.95. The van der Waals surface area contributed by atoms with Gasteiger partial charge < -0.3 is 10.2 Å². The van der Waals surface area contributed by atoms with Gasteiger partial charge in [0.25, 0.3) is 5.91 Å². The molecule has 4 nitrogen and oxygen atoms in total. The number of carbonyl (C=O) groups is 2. The third-order valence-electron chi connectivity index (χ3n) is 3.72. The molecule has 1 aromatic carbocycles. The van der Waals surface area contributed by atoms with E-state index in [1.165, 1.54) is 24.1 Å². The van der Waals surface area contributed by atoms with Crippen molar-refractivity contribution < 1.29 is 18.4 Å². The van der Waals surface area contributed by atoms with Crippen LogP contribution in [0.2, 0.25) is 0 Å². The number of hydrogen-bond donors (Lipinski definition) is 1. The van der Waals surface area contributed by atoms with Crippen LogP contribution in [0, 0.1) is 17.0 Å². The maximum Gasteiger partial charge on any atom is 0.256 e. The fourth-order valence-electron chi connectivity index (χ4n) is 2.46. The molecule has 1 atom stereocenters. The summed E-state index contributed by atoms with van der Waals surface area (Å²) in [6.45, 7) is 2.29. The van der Waals surface area contributed by atoms with Crippen LogP contribution in [0.25, 0.3) is 0 Å². The number of halogens is 2. The Morgan fingerprint density at radius 1 is 1.35 bits per heavy atom. The number of rotatable bonds is 2. The Morgan fingerprint density at radius 2 is 2.05 bits per heavy atom. The molecular weight excluding hydrogens is 266 g/mol. The lowest BCUT2D eigenvalue weighted by atomic mass is 9.89. The fraction of sp³-hybridized carbons (Fsp3) is 0.429. The van der Waals surface area contributed by atoms with E-state index >= 15 is 0 Å². The molecule has 1 unspecified atom stereocenters. The molecule has 1 aliphatic heterocycles. The summed E-state index contributed by atoms with van der Waals surface area (Å²) in [5, 5.41) is 2.56. The van der Waals surface area contributed by atoms with Gasteiger partial charge >= 0.3 is 0 Å². The lowest BCUT2D eigenvalue weighted by molar-refractivity contribution is -0.128. The molecule has 0 aromatic heterocycles. The van der Waals surface area contributed by atoms with Gasteiger partial charge in [-0.25, -0.2) is 8.78 Å². The van der Waals surface area contributed by atoms with Gasteiger partial charge in [-0.2, -0.15) is 0 Å². The summed E-state index contributed by atoms with van der Waals surface area (Å²) < 4.78 is 26.8. The van der Waals surface area contributed by atoms with Crippen molar-refractivity contribution in [2.24, 2.45) is 5.41 Å². The lowest BCUT2D eigenvalue weighted by Gasteiger charge is -2.22. The van der Waals surface area contributed by atoms with E-state index in [0.717, 1.165) is 6.07 Å². The van der Waals surface area contributed by atoms with E-state index in [1.807, 2.05) is 0 Å². The first-order valence-corrected chi connectivity index (χ1v) is 6.34. The second kappa shape index (κ2) is 5.19. The zero-order chi connectivity index (χ0) is 14.9. The Morgan fingerprint density at radius 3 is 2.70 bits per heavy atom. The summed E-state index contributed by atoms with van der Waals surface area (Å²) in [7, 11) is 1.53. The van der Waals surface area contributed by atoms with E-state index in [0.29, 0.717) is 13.0 Å². The highest BCUT2D eigenvalue weighted by Gasteiger charge is 2.42. The van der Waals surface area contributed by atoms with Crippen molar-refractivity contribution >= 4 is 11.8 Å². The van der Waals surface area contributed by atoms with Crippen LogP contribution in [0.4, 0.5) is 8.78 Å². The SMILES string of the molecule is CNC(=O)C1(C)CCN(C(=O)c2cccc(F)c2F)C1. The minimum absolute atomic E-state index is 0.160. The van der Waals surface area contributed by atoms with E-state index in [9.17, 15) is 18.4 Å². The van der Waals surface area contributed by atoms with Crippen LogP contribution in [0.3, 0.4) is 0 Å². The second-order valence-electron chi connectivity index (χ2n) is 5.22. The van der Waals surface area contributed by atoms with Gasteiger partial charge in [-0.1, -0.05) is 6.07 Å². The van der Waals surface area contributed by atoms with Gasteiger partial charge in [0.2, 0.25) is 5.91 Å². The quantitative estimate of drug-likeness (QED) is 0.895. The van der Waals surface area contributed by atoms with Gasteiger partial charge in [0.05, 0.1) is 11.0 Å². The molecule has 1 saturated heterocycles.